The Balaban J connectivity index is 1.61. The Kier molecular flexibility index (Phi) is 7.43. The lowest BCUT2D eigenvalue weighted by Gasteiger charge is -2.41. The maximum Gasteiger partial charge on any atom is 0.194 e. The van der Waals surface area contributed by atoms with Crippen LogP contribution < -0.4 is 4.74 Å². The van der Waals surface area contributed by atoms with Crippen molar-refractivity contribution in [2.45, 2.75) is 41.6 Å². The number of hydrogen-bond donors (Lipinski definition) is 3. The summed E-state index contributed by atoms with van der Waals surface area (Å²) in [5.41, 5.74) is -0.982. The van der Waals surface area contributed by atoms with Crippen LogP contribution in [0.25, 0.3) is 11.3 Å². The Morgan fingerprint density at radius 3 is 2.53 bits per heavy atom. The largest absolute Gasteiger partial charge is 0.494 e. The van der Waals surface area contributed by atoms with Crippen LogP contribution in [-0.4, -0.2) is 67.3 Å². The van der Waals surface area contributed by atoms with Crippen LogP contribution in [0, 0.1) is 17.5 Å². The van der Waals surface area contributed by atoms with Gasteiger partial charge in [0, 0.05) is 10.5 Å². The maximum atomic E-state index is 13.6. The molecular weight excluding hydrogens is 475 g/mol. The molecule has 0 radical (unpaired) electrons. The molecule has 2 heterocycles. The molecule has 182 valence electrons. The summed E-state index contributed by atoms with van der Waals surface area (Å²) < 4.78 is 52.9. The number of rotatable bonds is 7. The smallest absolute Gasteiger partial charge is 0.194 e. The van der Waals surface area contributed by atoms with Gasteiger partial charge in [0.25, 0.3) is 0 Å². The van der Waals surface area contributed by atoms with Gasteiger partial charge in [0.1, 0.15) is 41.2 Å². The van der Waals surface area contributed by atoms with Gasteiger partial charge >= 0.3 is 0 Å². The Hall–Kier alpha value is -2.64. The zero-order chi connectivity index (χ0) is 24.4. The number of ether oxygens (including phenoxy) is 2. The van der Waals surface area contributed by atoms with Gasteiger partial charge < -0.3 is 24.8 Å². The Labute approximate surface area is 196 Å². The van der Waals surface area contributed by atoms with Crippen LogP contribution in [0.2, 0.25) is 0 Å². The van der Waals surface area contributed by atoms with E-state index in [1.807, 2.05) is 6.92 Å². The van der Waals surface area contributed by atoms with Gasteiger partial charge in [0.2, 0.25) is 0 Å². The minimum atomic E-state index is -1.61. The quantitative estimate of drug-likeness (QED) is 0.428. The second-order valence-electron chi connectivity index (χ2n) is 7.56. The van der Waals surface area contributed by atoms with Gasteiger partial charge in [0.05, 0.1) is 19.4 Å². The Morgan fingerprint density at radius 2 is 1.85 bits per heavy atom. The SMILES string of the molecule is CCOc1cccc(S[C@H]2O[C@H](CO)[C@H](O)[C@H](n3cc(-c4cc(F)c(F)c(F)c4)nn3)[C@H]2O)c1. The summed E-state index contributed by atoms with van der Waals surface area (Å²) in [6.45, 7) is 1.80. The highest BCUT2D eigenvalue weighted by atomic mass is 32.2. The number of nitrogens with zero attached hydrogens (tertiary/aromatic N) is 3. The summed E-state index contributed by atoms with van der Waals surface area (Å²) >= 11 is 1.16. The molecule has 34 heavy (non-hydrogen) atoms. The number of hydrogen-bond acceptors (Lipinski definition) is 8. The number of halogens is 3. The van der Waals surface area contributed by atoms with Gasteiger partial charge in [-0.1, -0.05) is 23.0 Å². The highest BCUT2D eigenvalue weighted by Gasteiger charge is 2.46. The number of thioether (sulfide) groups is 1. The highest BCUT2D eigenvalue weighted by molar-refractivity contribution is 7.99. The summed E-state index contributed by atoms with van der Waals surface area (Å²) in [6.07, 6.45) is -2.47. The molecule has 3 N–H and O–H groups in total. The maximum absolute atomic E-state index is 13.6. The van der Waals surface area contributed by atoms with Crippen molar-refractivity contribution in [2.75, 3.05) is 13.2 Å². The van der Waals surface area contributed by atoms with Gasteiger partial charge in [-0.25, -0.2) is 17.9 Å². The molecule has 0 aliphatic carbocycles. The van der Waals surface area contributed by atoms with E-state index in [9.17, 15) is 28.5 Å². The molecule has 0 bridgehead atoms. The molecule has 0 unspecified atom stereocenters. The van der Waals surface area contributed by atoms with Crippen LogP contribution in [-0.2, 0) is 4.74 Å². The first-order valence-corrected chi connectivity index (χ1v) is 11.3. The summed E-state index contributed by atoms with van der Waals surface area (Å²) in [7, 11) is 0. The molecular formula is C22H22F3N3O5S. The lowest BCUT2D eigenvalue weighted by atomic mass is 9.97. The molecule has 1 aliphatic rings. The van der Waals surface area contributed by atoms with E-state index >= 15 is 0 Å². The second kappa shape index (κ2) is 10.3. The fourth-order valence-electron chi connectivity index (χ4n) is 3.67. The summed E-state index contributed by atoms with van der Waals surface area (Å²) in [5.74, 6) is -3.75. The lowest BCUT2D eigenvalue weighted by Crippen LogP contribution is -2.55. The van der Waals surface area contributed by atoms with E-state index in [1.54, 1.807) is 24.3 Å². The standard InChI is InChI=1S/C22H22F3N3O5S/c1-2-32-12-4-3-5-13(8-12)34-22-21(31)19(20(30)17(10-29)33-22)28-9-16(26-27-28)11-6-14(23)18(25)15(24)7-11/h3-9,17,19-22,29-31H,2,10H2,1H3/t17-,19+,20+,21-,22-/m1/s1. The van der Waals surface area contributed by atoms with Gasteiger partial charge in [-0.05, 0) is 37.3 Å². The van der Waals surface area contributed by atoms with Crippen LogP contribution in [0.3, 0.4) is 0 Å². The number of aliphatic hydroxyl groups is 3. The highest BCUT2D eigenvalue weighted by Crippen LogP contribution is 2.39. The van der Waals surface area contributed by atoms with Crippen molar-refractivity contribution >= 4 is 11.8 Å². The van der Waals surface area contributed by atoms with Crippen molar-refractivity contribution < 1.29 is 38.0 Å². The Bertz CT molecular complexity index is 1130. The first-order chi connectivity index (χ1) is 16.3. The molecule has 0 spiro atoms. The number of aliphatic hydroxyl groups excluding tert-OH is 3. The predicted molar refractivity (Wildman–Crippen MR) is 116 cm³/mol. The van der Waals surface area contributed by atoms with Crippen LogP contribution in [0.5, 0.6) is 5.75 Å². The third-order valence-corrected chi connectivity index (χ3v) is 6.46. The molecule has 12 heteroatoms. The van der Waals surface area contributed by atoms with E-state index in [2.05, 4.69) is 10.3 Å². The molecule has 2 aromatic carbocycles. The number of benzene rings is 2. The molecule has 0 saturated carbocycles. The fourth-order valence-corrected chi connectivity index (χ4v) is 4.78. The predicted octanol–water partition coefficient (Wildman–Crippen LogP) is 2.53. The lowest BCUT2D eigenvalue weighted by molar-refractivity contribution is -0.178. The monoisotopic (exact) mass is 497 g/mol. The van der Waals surface area contributed by atoms with Crippen molar-refractivity contribution in [2.24, 2.45) is 0 Å². The average molecular weight is 497 g/mol. The zero-order valence-corrected chi connectivity index (χ0v) is 18.7. The molecule has 1 fully saturated rings. The van der Waals surface area contributed by atoms with E-state index < -0.39 is 53.8 Å². The van der Waals surface area contributed by atoms with Crippen molar-refractivity contribution in [3.63, 3.8) is 0 Å². The van der Waals surface area contributed by atoms with Gasteiger partial charge in [-0.15, -0.1) is 5.10 Å². The molecule has 3 aromatic rings. The Morgan fingerprint density at radius 1 is 1.12 bits per heavy atom. The third kappa shape index (κ3) is 4.91. The van der Waals surface area contributed by atoms with Crippen molar-refractivity contribution in [1.29, 1.82) is 0 Å². The van der Waals surface area contributed by atoms with Gasteiger partial charge in [-0.3, -0.25) is 0 Å². The van der Waals surface area contributed by atoms with Crippen molar-refractivity contribution in [3.8, 4) is 17.0 Å². The fraction of sp³-hybridized carbons (Fsp3) is 0.364. The third-order valence-electron chi connectivity index (χ3n) is 5.31. The first kappa shape index (κ1) is 24.5. The number of aromatic nitrogens is 3. The summed E-state index contributed by atoms with van der Waals surface area (Å²) in [4.78, 5) is 0.721. The molecule has 8 nitrogen and oxygen atoms in total. The van der Waals surface area contributed by atoms with E-state index in [1.165, 1.54) is 6.20 Å². The van der Waals surface area contributed by atoms with Crippen LogP contribution >= 0.6 is 11.8 Å². The van der Waals surface area contributed by atoms with Crippen molar-refractivity contribution in [3.05, 3.63) is 60.0 Å². The van der Waals surface area contributed by atoms with E-state index in [4.69, 9.17) is 9.47 Å². The van der Waals surface area contributed by atoms with Crippen molar-refractivity contribution in [1.82, 2.24) is 15.0 Å². The summed E-state index contributed by atoms with van der Waals surface area (Å²) in [5, 5.41) is 39.2. The normalized spacial score (nSPS) is 24.9. The van der Waals surface area contributed by atoms with Crippen LogP contribution in [0.4, 0.5) is 13.2 Å². The van der Waals surface area contributed by atoms with E-state index in [-0.39, 0.29) is 11.3 Å². The molecule has 0 amide bonds. The average Bonchev–Trinajstić information content (AvgIpc) is 3.29. The molecule has 1 aromatic heterocycles. The summed E-state index contributed by atoms with van der Waals surface area (Å²) in [6, 6.07) is 7.56. The van der Waals surface area contributed by atoms with Gasteiger partial charge in [-0.2, -0.15) is 0 Å². The molecule has 5 atom stereocenters. The molecule has 4 rings (SSSR count). The van der Waals surface area contributed by atoms with Crippen LogP contribution in [0.1, 0.15) is 13.0 Å². The first-order valence-electron chi connectivity index (χ1n) is 10.4. The van der Waals surface area contributed by atoms with Crippen LogP contribution in [0.15, 0.2) is 47.5 Å². The van der Waals surface area contributed by atoms with E-state index in [0.29, 0.717) is 12.4 Å². The van der Waals surface area contributed by atoms with Gasteiger partial charge in [0.15, 0.2) is 17.5 Å². The zero-order valence-electron chi connectivity index (χ0n) is 17.9. The molecule has 1 saturated heterocycles. The topological polar surface area (TPSA) is 110 Å². The molecule has 1 aliphatic heterocycles. The second-order valence-corrected chi connectivity index (χ2v) is 8.73. The van der Waals surface area contributed by atoms with E-state index in [0.717, 1.165) is 33.5 Å². The minimum Gasteiger partial charge on any atom is -0.494 e. The minimum absolute atomic E-state index is 0.00198.